The highest BCUT2D eigenvalue weighted by Gasteiger charge is 2.19. The third kappa shape index (κ3) is 3.12. The molecule has 5 nitrogen and oxygen atoms in total. The van der Waals surface area contributed by atoms with Crippen LogP contribution in [0.4, 0.5) is 0 Å². The van der Waals surface area contributed by atoms with Crippen LogP contribution in [0.15, 0.2) is 79.4 Å². The fourth-order valence-electron chi connectivity index (χ4n) is 2.85. The van der Waals surface area contributed by atoms with Gasteiger partial charge in [-0.05, 0) is 29.8 Å². The number of aromatic nitrogens is 3. The van der Waals surface area contributed by atoms with Crippen molar-refractivity contribution in [3.63, 3.8) is 0 Å². The molecule has 0 spiro atoms. The number of nitrogens with zero attached hydrogens (tertiary/aromatic N) is 2. The van der Waals surface area contributed by atoms with E-state index < -0.39 is 0 Å². The molecule has 4 aromatic rings. The Morgan fingerprint density at radius 3 is 2.48 bits per heavy atom. The normalized spacial score (nSPS) is 12.0. The number of benzene rings is 1. The summed E-state index contributed by atoms with van der Waals surface area (Å²) < 4.78 is 0. The zero-order valence-corrected chi connectivity index (χ0v) is 13.4. The molecule has 0 saturated carbocycles. The van der Waals surface area contributed by atoms with Gasteiger partial charge in [0.15, 0.2) is 0 Å². The zero-order valence-electron chi connectivity index (χ0n) is 13.4. The highest BCUT2D eigenvalue weighted by molar-refractivity contribution is 5.94. The maximum absolute atomic E-state index is 12.7. The summed E-state index contributed by atoms with van der Waals surface area (Å²) >= 11 is 0. The number of carbonyl (C=O) groups excluding carboxylic acids is 1. The van der Waals surface area contributed by atoms with E-state index in [4.69, 9.17) is 0 Å². The van der Waals surface area contributed by atoms with Crippen molar-refractivity contribution in [2.75, 3.05) is 0 Å². The average molecular weight is 328 g/mol. The zero-order chi connectivity index (χ0) is 17.1. The molecule has 1 atom stereocenters. The Kier molecular flexibility index (Phi) is 3.96. The second-order valence-corrected chi connectivity index (χ2v) is 5.74. The van der Waals surface area contributed by atoms with Crippen molar-refractivity contribution in [2.45, 2.75) is 6.04 Å². The monoisotopic (exact) mass is 328 g/mol. The van der Waals surface area contributed by atoms with Crippen LogP contribution >= 0.6 is 0 Å². The molecule has 4 rings (SSSR count). The number of pyridine rings is 2. The molecule has 0 radical (unpaired) electrons. The molecule has 5 heteroatoms. The van der Waals surface area contributed by atoms with E-state index >= 15 is 0 Å². The maximum atomic E-state index is 12.7. The molecule has 0 aliphatic carbocycles. The molecule has 0 bridgehead atoms. The third-order valence-electron chi connectivity index (χ3n) is 4.11. The Morgan fingerprint density at radius 1 is 0.960 bits per heavy atom. The number of H-pyrrole nitrogens is 1. The SMILES string of the molecule is O=C(NC(c1ccccc1)c1cc2ccncc2[nH]1)c1ccncc1. The number of hydrogen-bond donors (Lipinski definition) is 2. The van der Waals surface area contributed by atoms with Crippen molar-refractivity contribution in [1.82, 2.24) is 20.3 Å². The molecular formula is C20H16N4O. The highest BCUT2D eigenvalue weighted by atomic mass is 16.1. The van der Waals surface area contributed by atoms with Crippen LogP contribution in [0.5, 0.6) is 0 Å². The summed E-state index contributed by atoms with van der Waals surface area (Å²) in [6.45, 7) is 0. The molecule has 2 N–H and O–H groups in total. The predicted molar refractivity (Wildman–Crippen MR) is 96.1 cm³/mol. The van der Waals surface area contributed by atoms with Crippen LogP contribution in [0.1, 0.15) is 27.7 Å². The number of carbonyl (C=O) groups is 1. The van der Waals surface area contributed by atoms with Gasteiger partial charge in [0.2, 0.25) is 0 Å². The van der Waals surface area contributed by atoms with E-state index in [2.05, 4.69) is 20.3 Å². The molecule has 122 valence electrons. The molecule has 0 aliphatic heterocycles. The van der Waals surface area contributed by atoms with E-state index in [9.17, 15) is 4.79 Å². The van der Waals surface area contributed by atoms with Gasteiger partial charge in [-0.25, -0.2) is 0 Å². The number of hydrogen-bond acceptors (Lipinski definition) is 3. The van der Waals surface area contributed by atoms with E-state index in [1.54, 1.807) is 36.9 Å². The van der Waals surface area contributed by atoms with Crippen molar-refractivity contribution in [1.29, 1.82) is 0 Å². The summed E-state index contributed by atoms with van der Waals surface area (Å²) in [5, 5.41) is 4.17. The fourth-order valence-corrected chi connectivity index (χ4v) is 2.85. The quantitative estimate of drug-likeness (QED) is 0.602. The van der Waals surface area contributed by atoms with E-state index in [0.29, 0.717) is 5.56 Å². The number of aromatic amines is 1. The number of nitrogens with one attached hydrogen (secondary N) is 2. The van der Waals surface area contributed by atoms with Gasteiger partial charge in [-0.1, -0.05) is 30.3 Å². The minimum absolute atomic E-state index is 0.145. The Bertz CT molecular complexity index is 963. The molecule has 0 saturated heterocycles. The Hall–Kier alpha value is -3.47. The van der Waals surface area contributed by atoms with Gasteiger partial charge in [-0.3, -0.25) is 14.8 Å². The van der Waals surface area contributed by atoms with Gasteiger partial charge in [-0.15, -0.1) is 0 Å². The van der Waals surface area contributed by atoms with Crippen molar-refractivity contribution in [3.8, 4) is 0 Å². The minimum atomic E-state index is -0.283. The molecule has 3 heterocycles. The summed E-state index contributed by atoms with van der Waals surface area (Å²) in [5.41, 5.74) is 3.44. The minimum Gasteiger partial charge on any atom is -0.355 e. The largest absolute Gasteiger partial charge is 0.355 e. The van der Waals surface area contributed by atoms with E-state index in [0.717, 1.165) is 22.2 Å². The van der Waals surface area contributed by atoms with Crippen LogP contribution < -0.4 is 5.32 Å². The van der Waals surface area contributed by atoms with Crippen molar-refractivity contribution < 1.29 is 4.79 Å². The maximum Gasteiger partial charge on any atom is 0.252 e. The summed E-state index contributed by atoms with van der Waals surface area (Å²) in [6.07, 6.45) is 6.76. The molecule has 1 aromatic carbocycles. The first-order chi connectivity index (χ1) is 12.3. The van der Waals surface area contributed by atoms with Gasteiger partial charge in [0.1, 0.15) is 0 Å². The molecule has 25 heavy (non-hydrogen) atoms. The Labute approximate surface area is 144 Å². The lowest BCUT2D eigenvalue weighted by molar-refractivity contribution is 0.0942. The van der Waals surface area contributed by atoms with Gasteiger partial charge < -0.3 is 10.3 Å². The van der Waals surface area contributed by atoms with Crippen LogP contribution in [0.25, 0.3) is 10.9 Å². The van der Waals surface area contributed by atoms with Gasteiger partial charge in [0, 0.05) is 35.2 Å². The lowest BCUT2D eigenvalue weighted by atomic mass is 10.0. The van der Waals surface area contributed by atoms with Crippen LogP contribution in [-0.4, -0.2) is 20.9 Å². The van der Waals surface area contributed by atoms with Crippen molar-refractivity contribution >= 4 is 16.8 Å². The van der Waals surface area contributed by atoms with E-state index in [1.807, 2.05) is 42.5 Å². The van der Waals surface area contributed by atoms with Gasteiger partial charge in [-0.2, -0.15) is 0 Å². The van der Waals surface area contributed by atoms with E-state index in [1.165, 1.54) is 0 Å². The molecule has 1 amide bonds. The van der Waals surface area contributed by atoms with Gasteiger partial charge >= 0.3 is 0 Å². The molecule has 0 aliphatic rings. The molecular weight excluding hydrogens is 312 g/mol. The number of fused-ring (bicyclic) bond motifs is 1. The highest BCUT2D eigenvalue weighted by Crippen LogP contribution is 2.25. The lowest BCUT2D eigenvalue weighted by Gasteiger charge is -2.18. The fraction of sp³-hybridized carbons (Fsp3) is 0.0500. The summed E-state index contributed by atoms with van der Waals surface area (Å²) in [6, 6.07) is 17.0. The first-order valence-corrected chi connectivity index (χ1v) is 8.00. The average Bonchev–Trinajstić information content (AvgIpc) is 3.11. The summed E-state index contributed by atoms with van der Waals surface area (Å²) in [7, 11) is 0. The van der Waals surface area contributed by atoms with Crippen LogP contribution in [0, 0.1) is 0 Å². The predicted octanol–water partition coefficient (Wildman–Crippen LogP) is 3.48. The van der Waals surface area contributed by atoms with Crippen molar-refractivity contribution in [3.05, 3.63) is 96.2 Å². The summed E-state index contributed by atoms with van der Waals surface area (Å²) in [4.78, 5) is 24.1. The summed E-state index contributed by atoms with van der Waals surface area (Å²) in [5.74, 6) is -0.145. The molecule has 0 fully saturated rings. The first kappa shape index (κ1) is 15.1. The second kappa shape index (κ2) is 6.57. The standard InChI is InChI=1S/C20H16N4O/c25-20(15-6-9-21-10-7-15)24-19(14-4-2-1-3-5-14)17-12-16-8-11-22-13-18(16)23-17/h1-13,19,23H,(H,24,25). The Balaban J connectivity index is 1.73. The molecule has 3 aromatic heterocycles. The van der Waals surface area contributed by atoms with Gasteiger partial charge in [0.05, 0.1) is 17.8 Å². The first-order valence-electron chi connectivity index (χ1n) is 8.00. The van der Waals surface area contributed by atoms with Crippen LogP contribution in [-0.2, 0) is 0 Å². The second-order valence-electron chi connectivity index (χ2n) is 5.74. The molecule has 1 unspecified atom stereocenters. The smallest absolute Gasteiger partial charge is 0.252 e. The van der Waals surface area contributed by atoms with Crippen LogP contribution in [0.3, 0.4) is 0 Å². The number of rotatable bonds is 4. The van der Waals surface area contributed by atoms with E-state index in [-0.39, 0.29) is 11.9 Å². The lowest BCUT2D eigenvalue weighted by Crippen LogP contribution is -2.29. The van der Waals surface area contributed by atoms with Crippen LogP contribution in [0.2, 0.25) is 0 Å². The third-order valence-corrected chi connectivity index (χ3v) is 4.11. The Morgan fingerprint density at radius 2 is 1.72 bits per heavy atom. The van der Waals surface area contributed by atoms with Crippen molar-refractivity contribution in [2.24, 2.45) is 0 Å². The van der Waals surface area contributed by atoms with Gasteiger partial charge in [0.25, 0.3) is 5.91 Å². The topological polar surface area (TPSA) is 70.7 Å². The number of amides is 1.